The monoisotopic (exact) mass is 138 g/mol. The highest BCUT2D eigenvalue weighted by atomic mass is 35.5. The van der Waals surface area contributed by atoms with Gasteiger partial charge in [-0.25, -0.2) is 0 Å². The van der Waals surface area contributed by atoms with Crippen molar-refractivity contribution < 1.29 is 9.84 Å². The van der Waals surface area contributed by atoms with Crippen molar-refractivity contribution in [2.45, 2.75) is 19.6 Å². The first kappa shape index (κ1) is 8.21. The molecule has 0 aromatic heterocycles. The van der Waals surface area contributed by atoms with E-state index in [4.69, 9.17) is 16.7 Å². The molecule has 0 aliphatic rings. The Kier molecular flexibility index (Phi) is 4.23. The SMILES string of the molecule is CC(C)COC(O)Cl. The molecule has 0 saturated heterocycles. The normalized spacial score (nSPS) is 14.6. The predicted molar refractivity (Wildman–Crippen MR) is 32.6 cm³/mol. The van der Waals surface area contributed by atoms with E-state index < -0.39 is 5.75 Å². The maximum atomic E-state index is 8.34. The molecule has 0 bridgehead atoms. The van der Waals surface area contributed by atoms with Crippen LogP contribution in [0.4, 0.5) is 0 Å². The molecule has 0 amide bonds. The summed E-state index contributed by atoms with van der Waals surface area (Å²) in [4.78, 5) is 0. The van der Waals surface area contributed by atoms with Gasteiger partial charge >= 0.3 is 0 Å². The molecule has 1 unspecified atom stereocenters. The molecular formula is C5H11ClO2. The zero-order valence-corrected chi connectivity index (χ0v) is 5.85. The summed E-state index contributed by atoms with van der Waals surface area (Å²) < 4.78 is 4.62. The van der Waals surface area contributed by atoms with E-state index in [-0.39, 0.29) is 0 Å². The van der Waals surface area contributed by atoms with Crippen LogP contribution in [0.1, 0.15) is 13.8 Å². The van der Waals surface area contributed by atoms with Crippen LogP contribution in [-0.4, -0.2) is 17.5 Å². The second-order valence-electron chi connectivity index (χ2n) is 2.02. The van der Waals surface area contributed by atoms with Crippen molar-refractivity contribution in [1.29, 1.82) is 0 Å². The van der Waals surface area contributed by atoms with Gasteiger partial charge in [-0.05, 0) is 5.92 Å². The number of rotatable bonds is 3. The highest BCUT2D eigenvalue weighted by Gasteiger charge is 1.97. The first-order valence-corrected chi connectivity index (χ1v) is 3.00. The van der Waals surface area contributed by atoms with Crippen LogP contribution in [-0.2, 0) is 4.74 Å². The number of alkyl halides is 1. The largest absolute Gasteiger partial charge is 0.356 e. The lowest BCUT2D eigenvalue weighted by Gasteiger charge is -2.05. The van der Waals surface area contributed by atoms with Crippen LogP contribution < -0.4 is 0 Å². The van der Waals surface area contributed by atoms with Crippen molar-refractivity contribution >= 4 is 11.6 Å². The maximum absolute atomic E-state index is 8.34. The Bertz CT molecular complexity index is 46.4. The van der Waals surface area contributed by atoms with Crippen molar-refractivity contribution in [3.8, 4) is 0 Å². The zero-order valence-electron chi connectivity index (χ0n) is 5.10. The lowest BCUT2D eigenvalue weighted by Crippen LogP contribution is -2.08. The van der Waals surface area contributed by atoms with E-state index in [9.17, 15) is 0 Å². The minimum atomic E-state index is -1.14. The number of aliphatic hydroxyl groups excluding tert-OH is 1. The summed E-state index contributed by atoms with van der Waals surface area (Å²) in [5.74, 6) is -0.721. The average Bonchev–Trinajstić information content (AvgIpc) is 1.61. The molecule has 50 valence electrons. The van der Waals surface area contributed by atoms with E-state index >= 15 is 0 Å². The first-order valence-electron chi connectivity index (χ1n) is 2.56. The van der Waals surface area contributed by atoms with E-state index in [1.165, 1.54) is 0 Å². The van der Waals surface area contributed by atoms with E-state index in [1.54, 1.807) is 0 Å². The Labute approximate surface area is 54.4 Å². The quantitative estimate of drug-likeness (QED) is 0.469. The molecule has 0 spiro atoms. The Hall–Kier alpha value is 0.210. The van der Waals surface area contributed by atoms with Crippen LogP contribution in [0.2, 0.25) is 0 Å². The molecule has 0 aromatic carbocycles. The summed E-state index contributed by atoms with van der Waals surface area (Å²) in [5.41, 5.74) is 0. The third-order valence-corrected chi connectivity index (χ3v) is 0.693. The molecular weight excluding hydrogens is 128 g/mol. The fourth-order valence-corrected chi connectivity index (χ4v) is 0.345. The van der Waals surface area contributed by atoms with Gasteiger partial charge in [0, 0.05) is 0 Å². The maximum Gasteiger partial charge on any atom is 0.234 e. The third kappa shape index (κ3) is 6.21. The zero-order chi connectivity index (χ0) is 6.57. The number of ether oxygens (including phenoxy) is 1. The highest BCUT2D eigenvalue weighted by Crippen LogP contribution is 1.97. The smallest absolute Gasteiger partial charge is 0.234 e. The summed E-state index contributed by atoms with van der Waals surface area (Å²) in [6, 6.07) is 0. The number of hydrogen-bond donors (Lipinski definition) is 1. The summed E-state index contributed by atoms with van der Waals surface area (Å²) >= 11 is 5.06. The fourth-order valence-electron chi connectivity index (χ4n) is 0.272. The molecule has 8 heavy (non-hydrogen) atoms. The van der Waals surface area contributed by atoms with Crippen LogP contribution in [0.15, 0.2) is 0 Å². The van der Waals surface area contributed by atoms with Crippen molar-refractivity contribution in [2.75, 3.05) is 6.61 Å². The van der Waals surface area contributed by atoms with Gasteiger partial charge in [0.15, 0.2) is 0 Å². The van der Waals surface area contributed by atoms with Crippen LogP contribution in [0.3, 0.4) is 0 Å². The topological polar surface area (TPSA) is 29.5 Å². The third-order valence-electron chi connectivity index (χ3n) is 0.567. The Morgan fingerprint density at radius 3 is 2.25 bits per heavy atom. The molecule has 0 aromatic rings. The van der Waals surface area contributed by atoms with Gasteiger partial charge in [-0.1, -0.05) is 25.4 Å². The second kappa shape index (κ2) is 4.13. The molecule has 0 heterocycles. The van der Waals surface area contributed by atoms with E-state index in [1.807, 2.05) is 13.8 Å². The molecule has 0 radical (unpaired) electrons. The summed E-state index contributed by atoms with van der Waals surface area (Å²) in [7, 11) is 0. The van der Waals surface area contributed by atoms with Crippen molar-refractivity contribution in [3.63, 3.8) is 0 Å². The van der Waals surface area contributed by atoms with Gasteiger partial charge < -0.3 is 9.84 Å². The first-order chi connectivity index (χ1) is 3.63. The summed E-state index contributed by atoms with van der Waals surface area (Å²) in [6.45, 7) is 4.48. The Morgan fingerprint density at radius 1 is 1.62 bits per heavy atom. The summed E-state index contributed by atoms with van der Waals surface area (Å²) in [5, 5.41) is 8.34. The van der Waals surface area contributed by atoms with E-state index in [0.29, 0.717) is 12.5 Å². The second-order valence-corrected chi connectivity index (χ2v) is 2.39. The molecule has 1 atom stereocenters. The number of halogens is 1. The van der Waals surface area contributed by atoms with Gasteiger partial charge in [0.25, 0.3) is 0 Å². The lowest BCUT2D eigenvalue weighted by atomic mass is 10.2. The predicted octanol–water partition coefficient (Wildman–Crippen LogP) is 1.17. The molecule has 0 rings (SSSR count). The molecule has 0 aliphatic heterocycles. The molecule has 2 nitrogen and oxygen atoms in total. The van der Waals surface area contributed by atoms with Gasteiger partial charge in [0.05, 0.1) is 6.61 Å². The average molecular weight is 139 g/mol. The van der Waals surface area contributed by atoms with Crippen LogP contribution >= 0.6 is 11.6 Å². The van der Waals surface area contributed by atoms with Gasteiger partial charge in [0.1, 0.15) is 0 Å². The van der Waals surface area contributed by atoms with Gasteiger partial charge in [0.2, 0.25) is 5.75 Å². The summed E-state index contributed by atoms with van der Waals surface area (Å²) in [6.07, 6.45) is 0. The van der Waals surface area contributed by atoms with Crippen molar-refractivity contribution in [3.05, 3.63) is 0 Å². The highest BCUT2D eigenvalue weighted by molar-refractivity contribution is 6.18. The minimum Gasteiger partial charge on any atom is -0.356 e. The Balaban J connectivity index is 2.93. The number of aliphatic hydroxyl groups is 1. The van der Waals surface area contributed by atoms with Crippen LogP contribution in [0.25, 0.3) is 0 Å². The van der Waals surface area contributed by atoms with Crippen molar-refractivity contribution in [2.24, 2.45) is 5.92 Å². The molecule has 0 saturated carbocycles. The van der Waals surface area contributed by atoms with Crippen molar-refractivity contribution in [1.82, 2.24) is 0 Å². The molecule has 0 fully saturated rings. The number of hydrogen-bond acceptors (Lipinski definition) is 2. The standard InChI is InChI=1S/C5H11ClO2/c1-4(2)3-8-5(6)7/h4-5,7H,3H2,1-2H3. The van der Waals surface area contributed by atoms with Crippen LogP contribution in [0, 0.1) is 5.92 Å². The molecule has 3 heteroatoms. The van der Waals surface area contributed by atoms with E-state index in [0.717, 1.165) is 0 Å². The minimum absolute atomic E-state index is 0.420. The lowest BCUT2D eigenvalue weighted by molar-refractivity contribution is -0.0483. The molecule has 0 aliphatic carbocycles. The van der Waals surface area contributed by atoms with E-state index in [2.05, 4.69) is 4.74 Å². The Morgan fingerprint density at radius 2 is 2.12 bits per heavy atom. The van der Waals surface area contributed by atoms with Crippen LogP contribution in [0.5, 0.6) is 0 Å². The van der Waals surface area contributed by atoms with Gasteiger partial charge in [-0.15, -0.1) is 0 Å². The van der Waals surface area contributed by atoms with Gasteiger partial charge in [-0.3, -0.25) is 0 Å². The van der Waals surface area contributed by atoms with Gasteiger partial charge in [-0.2, -0.15) is 0 Å². The molecule has 1 N–H and O–H groups in total. The fraction of sp³-hybridized carbons (Fsp3) is 1.00.